The van der Waals surface area contributed by atoms with Crippen LogP contribution in [0.4, 0.5) is 0 Å². The van der Waals surface area contributed by atoms with Crippen molar-refractivity contribution >= 4 is 16.1 Å². The fraction of sp³-hybridized carbons (Fsp3) is 0.857. The lowest BCUT2D eigenvalue weighted by atomic mass is 9.96. The highest BCUT2D eigenvalue weighted by atomic mass is 32.2. The molecule has 1 heterocycles. The number of carbonyl (C=O) groups excluding carboxylic acids is 1. The topological polar surface area (TPSA) is 60.4 Å². The fourth-order valence-corrected chi connectivity index (χ4v) is 3.29. The molecule has 0 aromatic heterocycles. The smallest absolute Gasteiger partial charge is 0.152 e. The van der Waals surface area contributed by atoms with Crippen molar-refractivity contribution in [3.8, 4) is 0 Å². The molecule has 1 rings (SSSR count). The summed E-state index contributed by atoms with van der Waals surface area (Å²) >= 11 is 0. The van der Waals surface area contributed by atoms with Crippen LogP contribution >= 0.6 is 0 Å². The SMILES string of the molecule is CCOCC1(C=O)CS(=O)(=O)C1. The third-order valence-corrected chi connectivity index (χ3v) is 3.89. The Labute approximate surface area is 71.8 Å². The van der Waals surface area contributed by atoms with E-state index in [1.807, 2.05) is 6.92 Å². The van der Waals surface area contributed by atoms with E-state index in [9.17, 15) is 13.2 Å². The van der Waals surface area contributed by atoms with E-state index in [1.54, 1.807) is 0 Å². The van der Waals surface area contributed by atoms with Gasteiger partial charge in [-0.2, -0.15) is 0 Å². The summed E-state index contributed by atoms with van der Waals surface area (Å²) < 4.78 is 26.6. The third-order valence-electron chi connectivity index (χ3n) is 1.86. The summed E-state index contributed by atoms with van der Waals surface area (Å²) in [7, 11) is -2.94. The molecule has 0 aromatic carbocycles. The second kappa shape index (κ2) is 3.14. The van der Waals surface area contributed by atoms with E-state index in [1.165, 1.54) is 0 Å². The van der Waals surface area contributed by atoms with E-state index in [2.05, 4.69) is 0 Å². The lowest BCUT2D eigenvalue weighted by Gasteiger charge is -2.35. The Kier molecular flexibility index (Phi) is 2.53. The zero-order chi connectivity index (χ0) is 9.24. The molecule has 1 fully saturated rings. The summed E-state index contributed by atoms with van der Waals surface area (Å²) in [4.78, 5) is 10.6. The van der Waals surface area contributed by atoms with E-state index in [0.717, 1.165) is 0 Å². The van der Waals surface area contributed by atoms with Gasteiger partial charge in [-0.25, -0.2) is 8.42 Å². The van der Waals surface area contributed by atoms with Crippen molar-refractivity contribution in [1.29, 1.82) is 0 Å². The molecule has 4 nitrogen and oxygen atoms in total. The predicted molar refractivity (Wildman–Crippen MR) is 43.6 cm³/mol. The number of sulfone groups is 1. The van der Waals surface area contributed by atoms with Gasteiger partial charge >= 0.3 is 0 Å². The van der Waals surface area contributed by atoms with Crippen LogP contribution in [0.3, 0.4) is 0 Å². The minimum Gasteiger partial charge on any atom is -0.381 e. The summed E-state index contributed by atoms with van der Waals surface area (Å²) in [5.74, 6) is -0.104. The Bertz CT molecular complexity index is 255. The number of hydrogen-bond donors (Lipinski definition) is 0. The third kappa shape index (κ3) is 1.84. The molecular formula is C7H12O4S. The summed E-state index contributed by atoms with van der Waals surface area (Å²) in [6.07, 6.45) is 0.698. The Morgan fingerprint density at radius 1 is 1.50 bits per heavy atom. The van der Waals surface area contributed by atoms with Gasteiger partial charge in [-0.05, 0) is 6.92 Å². The minimum absolute atomic E-state index is 0.0521. The van der Waals surface area contributed by atoms with Crippen molar-refractivity contribution in [2.45, 2.75) is 6.92 Å². The Hall–Kier alpha value is -0.420. The summed E-state index contributed by atoms with van der Waals surface area (Å²) in [5.41, 5.74) is -0.741. The molecule has 0 aromatic rings. The number of hydrogen-bond acceptors (Lipinski definition) is 4. The van der Waals surface area contributed by atoms with Gasteiger partial charge in [0.2, 0.25) is 0 Å². The quantitative estimate of drug-likeness (QED) is 0.570. The van der Waals surface area contributed by atoms with E-state index in [4.69, 9.17) is 4.74 Å². The molecule has 1 saturated heterocycles. The number of aldehydes is 1. The van der Waals surface area contributed by atoms with Crippen LogP contribution in [0.1, 0.15) is 6.92 Å². The predicted octanol–water partition coefficient (Wildman–Crippen LogP) is -0.363. The average molecular weight is 192 g/mol. The first-order chi connectivity index (χ1) is 5.54. The molecule has 0 N–H and O–H groups in total. The minimum atomic E-state index is -2.94. The molecule has 0 atom stereocenters. The van der Waals surface area contributed by atoms with E-state index in [0.29, 0.717) is 12.9 Å². The zero-order valence-electron chi connectivity index (χ0n) is 6.95. The highest BCUT2D eigenvalue weighted by Gasteiger charge is 2.48. The molecule has 1 aliphatic heterocycles. The van der Waals surface area contributed by atoms with E-state index < -0.39 is 15.3 Å². The van der Waals surface area contributed by atoms with E-state index >= 15 is 0 Å². The largest absolute Gasteiger partial charge is 0.381 e. The van der Waals surface area contributed by atoms with Crippen LogP contribution in [0.2, 0.25) is 0 Å². The van der Waals surface area contributed by atoms with Crippen molar-refractivity contribution in [2.24, 2.45) is 5.41 Å². The van der Waals surface area contributed by atoms with Gasteiger partial charge in [-0.15, -0.1) is 0 Å². The van der Waals surface area contributed by atoms with Gasteiger partial charge in [0.1, 0.15) is 6.29 Å². The Morgan fingerprint density at radius 2 is 2.08 bits per heavy atom. The normalized spacial score (nSPS) is 24.4. The molecule has 0 radical (unpaired) electrons. The van der Waals surface area contributed by atoms with Gasteiger partial charge in [-0.1, -0.05) is 0 Å². The maximum absolute atomic E-state index is 10.8. The van der Waals surface area contributed by atoms with Gasteiger partial charge in [-0.3, -0.25) is 0 Å². The zero-order valence-corrected chi connectivity index (χ0v) is 7.76. The van der Waals surface area contributed by atoms with Crippen LogP contribution in [-0.4, -0.2) is 39.4 Å². The maximum atomic E-state index is 10.8. The highest BCUT2D eigenvalue weighted by Crippen LogP contribution is 2.30. The monoisotopic (exact) mass is 192 g/mol. The Morgan fingerprint density at radius 3 is 2.42 bits per heavy atom. The average Bonchev–Trinajstić information content (AvgIpc) is 1.96. The Balaban J connectivity index is 2.53. The van der Waals surface area contributed by atoms with Crippen LogP contribution < -0.4 is 0 Å². The van der Waals surface area contributed by atoms with E-state index in [-0.39, 0.29) is 18.1 Å². The number of ether oxygens (including phenoxy) is 1. The van der Waals surface area contributed by atoms with Crippen LogP contribution in [0.5, 0.6) is 0 Å². The summed E-state index contributed by atoms with van der Waals surface area (Å²) in [6, 6.07) is 0. The molecule has 0 spiro atoms. The lowest BCUT2D eigenvalue weighted by Crippen LogP contribution is -2.52. The second-order valence-electron chi connectivity index (χ2n) is 3.15. The van der Waals surface area contributed by atoms with Crippen molar-refractivity contribution in [3.63, 3.8) is 0 Å². The standard InChI is InChI=1S/C7H12O4S/c1-2-11-4-7(3-8)5-12(9,10)6-7/h3H,2,4-6H2,1H3. The van der Waals surface area contributed by atoms with Crippen molar-refractivity contribution in [2.75, 3.05) is 24.7 Å². The molecule has 70 valence electrons. The van der Waals surface area contributed by atoms with Crippen LogP contribution in [-0.2, 0) is 19.4 Å². The molecule has 1 aliphatic rings. The van der Waals surface area contributed by atoms with Gasteiger partial charge in [0.25, 0.3) is 0 Å². The van der Waals surface area contributed by atoms with Crippen LogP contribution in [0.15, 0.2) is 0 Å². The molecule has 0 amide bonds. The molecule has 5 heteroatoms. The first-order valence-corrected chi connectivity index (χ1v) is 5.60. The van der Waals surface area contributed by atoms with Crippen molar-refractivity contribution in [3.05, 3.63) is 0 Å². The molecular weight excluding hydrogens is 180 g/mol. The number of carbonyl (C=O) groups is 1. The summed E-state index contributed by atoms with van der Waals surface area (Å²) in [6.45, 7) is 2.55. The maximum Gasteiger partial charge on any atom is 0.152 e. The van der Waals surface area contributed by atoms with Gasteiger partial charge in [0, 0.05) is 6.61 Å². The van der Waals surface area contributed by atoms with Crippen LogP contribution in [0, 0.1) is 5.41 Å². The molecule has 0 unspecified atom stereocenters. The lowest BCUT2D eigenvalue weighted by molar-refractivity contribution is -0.117. The molecule has 0 bridgehead atoms. The fourth-order valence-electron chi connectivity index (χ4n) is 1.32. The molecule has 0 saturated carbocycles. The second-order valence-corrected chi connectivity index (χ2v) is 5.21. The van der Waals surface area contributed by atoms with Gasteiger partial charge < -0.3 is 9.53 Å². The van der Waals surface area contributed by atoms with Crippen molar-refractivity contribution in [1.82, 2.24) is 0 Å². The highest BCUT2D eigenvalue weighted by molar-refractivity contribution is 7.93. The van der Waals surface area contributed by atoms with Gasteiger partial charge in [0.05, 0.1) is 23.5 Å². The van der Waals surface area contributed by atoms with Gasteiger partial charge in [0.15, 0.2) is 9.84 Å². The first-order valence-electron chi connectivity index (χ1n) is 3.78. The van der Waals surface area contributed by atoms with Crippen molar-refractivity contribution < 1.29 is 17.9 Å². The first kappa shape index (κ1) is 9.67. The summed E-state index contributed by atoms with van der Waals surface area (Å²) in [5, 5.41) is 0. The number of rotatable bonds is 4. The molecule has 0 aliphatic carbocycles. The molecule has 12 heavy (non-hydrogen) atoms. The van der Waals surface area contributed by atoms with Crippen LogP contribution in [0.25, 0.3) is 0 Å².